The number of piperazine rings is 1. The summed E-state index contributed by atoms with van der Waals surface area (Å²) >= 11 is 0. The molecule has 1 saturated heterocycles. The highest BCUT2D eigenvalue weighted by molar-refractivity contribution is 5.94. The van der Waals surface area contributed by atoms with Crippen molar-refractivity contribution in [2.75, 3.05) is 37.7 Å². The van der Waals surface area contributed by atoms with Crippen LogP contribution in [0.2, 0.25) is 0 Å². The van der Waals surface area contributed by atoms with Crippen LogP contribution in [0.5, 0.6) is 0 Å². The number of benzene rings is 2. The lowest BCUT2D eigenvalue weighted by atomic mass is 10.2. The molecule has 1 amide bonds. The van der Waals surface area contributed by atoms with E-state index in [2.05, 4.69) is 27.0 Å². The number of carbonyl (C=O) groups excluding carboxylic acids is 2. The highest BCUT2D eigenvalue weighted by atomic mass is 16.5. The maximum absolute atomic E-state index is 12.5. The number of rotatable bonds is 4. The lowest BCUT2D eigenvalue weighted by Crippen LogP contribution is -2.49. The molecule has 1 fully saturated rings. The Morgan fingerprint density at radius 3 is 2.27 bits per heavy atom. The molecule has 7 nitrogen and oxygen atoms in total. The molecule has 7 heteroatoms. The Morgan fingerprint density at radius 2 is 1.57 bits per heavy atom. The summed E-state index contributed by atoms with van der Waals surface area (Å²) in [5.74, 6) is -0.712. The summed E-state index contributed by atoms with van der Waals surface area (Å²) in [6.07, 6.45) is 0. The number of carbonyl (C=O) groups is 2. The zero-order chi connectivity index (χ0) is 21.1. The van der Waals surface area contributed by atoms with Gasteiger partial charge in [-0.15, -0.1) is 0 Å². The minimum Gasteiger partial charge on any atom is -0.452 e. The summed E-state index contributed by atoms with van der Waals surface area (Å²) in [6, 6.07) is 15.2. The third-order valence-corrected chi connectivity index (χ3v) is 5.39. The fourth-order valence-corrected chi connectivity index (χ4v) is 3.51. The molecule has 1 aliphatic heterocycles. The fourth-order valence-electron chi connectivity index (χ4n) is 3.51. The Labute approximate surface area is 175 Å². The van der Waals surface area contributed by atoms with Crippen molar-refractivity contribution in [3.05, 3.63) is 65.5 Å². The van der Waals surface area contributed by atoms with E-state index < -0.39 is 5.97 Å². The van der Waals surface area contributed by atoms with E-state index in [1.807, 2.05) is 32.0 Å². The van der Waals surface area contributed by atoms with Crippen LogP contribution in [0.25, 0.3) is 11.0 Å². The number of anilines is 1. The lowest BCUT2D eigenvalue weighted by Gasteiger charge is -2.36. The molecule has 0 bridgehead atoms. The van der Waals surface area contributed by atoms with Gasteiger partial charge in [0.15, 0.2) is 6.61 Å². The maximum Gasteiger partial charge on any atom is 0.338 e. The number of amides is 1. The second-order valence-corrected chi connectivity index (χ2v) is 7.38. The molecule has 2 heterocycles. The van der Waals surface area contributed by atoms with Crippen LogP contribution in [0, 0.1) is 13.8 Å². The van der Waals surface area contributed by atoms with Gasteiger partial charge in [0.25, 0.3) is 5.91 Å². The first kappa shape index (κ1) is 19.8. The van der Waals surface area contributed by atoms with E-state index in [-0.39, 0.29) is 12.5 Å². The Kier molecular flexibility index (Phi) is 5.61. The monoisotopic (exact) mass is 404 g/mol. The van der Waals surface area contributed by atoms with Gasteiger partial charge in [-0.25, -0.2) is 14.8 Å². The first-order valence-electron chi connectivity index (χ1n) is 10.0. The van der Waals surface area contributed by atoms with Crippen LogP contribution in [0.3, 0.4) is 0 Å². The second kappa shape index (κ2) is 8.49. The number of aryl methyl sites for hydroxylation is 2. The van der Waals surface area contributed by atoms with Crippen LogP contribution < -0.4 is 4.90 Å². The van der Waals surface area contributed by atoms with Crippen LogP contribution in [0.1, 0.15) is 21.7 Å². The molecule has 3 aromatic rings. The lowest BCUT2D eigenvalue weighted by molar-refractivity contribution is -0.134. The quantitative estimate of drug-likeness (QED) is 0.623. The molecule has 1 aliphatic rings. The number of nitrogens with zero attached hydrogens (tertiary/aromatic N) is 4. The van der Waals surface area contributed by atoms with Crippen molar-refractivity contribution in [1.29, 1.82) is 0 Å². The smallest absolute Gasteiger partial charge is 0.338 e. The van der Waals surface area contributed by atoms with Crippen molar-refractivity contribution >= 4 is 28.6 Å². The predicted molar refractivity (Wildman–Crippen MR) is 115 cm³/mol. The third kappa shape index (κ3) is 4.25. The molecule has 30 heavy (non-hydrogen) atoms. The summed E-state index contributed by atoms with van der Waals surface area (Å²) in [7, 11) is 0. The summed E-state index contributed by atoms with van der Waals surface area (Å²) in [5, 5.41) is 0. The number of para-hydroxylation sites is 1. The Bertz CT molecular complexity index is 1080. The van der Waals surface area contributed by atoms with Crippen LogP contribution >= 0.6 is 0 Å². The largest absolute Gasteiger partial charge is 0.452 e. The molecule has 0 N–H and O–H groups in total. The minimum atomic E-state index is -0.534. The maximum atomic E-state index is 12.5. The van der Waals surface area contributed by atoms with Gasteiger partial charge in [0.05, 0.1) is 28.0 Å². The van der Waals surface area contributed by atoms with E-state index in [0.717, 1.165) is 35.7 Å². The van der Waals surface area contributed by atoms with Gasteiger partial charge in [-0.1, -0.05) is 18.2 Å². The molecule has 0 radical (unpaired) electrons. The van der Waals surface area contributed by atoms with Crippen molar-refractivity contribution < 1.29 is 14.3 Å². The zero-order valence-electron chi connectivity index (χ0n) is 17.2. The zero-order valence-corrected chi connectivity index (χ0v) is 17.2. The molecular formula is C23H24N4O3. The van der Waals surface area contributed by atoms with Gasteiger partial charge < -0.3 is 14.5 Å². The molecule has 4 rings (SSSR count). The minimum absolute atomic E-state index is 0.178. The first-order valence-corrected chi connectivity index (χ1v) is 10.0. The summed E-state index contributed by atoms with van der Waals surface area (Å²) in [4.78, 5) is 37.8. The van der Waals surface area contributed by atoms with E-state index >= 15 is 0 Å². The van der Waals surface area contributed by atoms with E-state index in [4.69, 9.17) is 4.74 Å². The van der Waals surface area contributed by atoms with Gasteiger partial charge in [-0.3, -0.25) is 4.79 Å². The van der Waals surface area contributed by atoms with E-state index in [1.54, 1.807) is 23.1 Å². The van der Waals surface area contributed by atoms with E-state index in [9.17, 15) is 9.59 Å². The molecule has 0 atom stereocenters. The fraction of sp³-hybridized carbons (Fsp3) is 0.304. The average molecular weight is 404 g/mol. The summed E-state index contributed by atoms with van der Waals surface area (Å²) in [5.41, 5.74) is 4.55. The highest BCUT2D eigenvalue weighted by Crippen LogP contribution is 2.17. The van der Waals surface area contributed by atoms with Gasteiger partial charge in [0, 0.05) is 31.9 Å². The number of aromatic nitrogens is 2. The van der Waals surface area contributed by atoms with Crippen LogP contribution in [-0.2, 0) is 9.53 Å². The number of hydrogen-bond donors (Lipinski definition) is 0. The average Bonchev–Trinajstić information content (AvgIpc) is 2.78. The van der Waals surface area contributed by atoms with Gasteiger partial charge in [0.1, 0.15) is 0 Å². The van der Waals surface area contributed by atoms with Crippen molar-refractivity contribution in [2.45, 2.75) is 13.8 Å². The summed E-state index contributed by atoms with van der Waals surface area (Å²) < 4.78 is 5.27. The molecule has 2 aromatic carbocycles. The number of hydrogen-bond acceptors (Lipinski definition) is 6. The molecule has 154 valence electrons. The Morgan fingerprint density at radius 1 is 0.900 bits per heavy atom. The van der Waals surface area contributed by atoms with Crippen LogP contribution in [-0.4, -0.2) is 59.5 Å². The Balaban J connectivity index is 1.32. The topological polar surface area (TPSA) is 75.6 Å². The van der Waals surface area contributed by atoms with E-state index in [1.165, 1.54) is 0 Å². The van der Waals surface area contributed by atoms with Crippen LogP contribution in [0.15, 0.2) is 48.5 Å². The number of ether oxygens (including phenoxy) is 1. The van der Waals surface area contributed by atoms with Gasteiger partial charge >= 0.3 is 5.97 Å². The Hall–Kier alpha value is -3.48. The molecule has 0 saturated carbocycles. The second-order valence-electron chi connectivity index (χ2n) is 7.38. The summed E-state index contributed by atoms with van der Waals surface area (Å²) in [6.45, 7) is 6.24. The van der Waals surface area contributed by atoms with Crippen molar-refractivity contribution in [1.82, 2.24) is 14.9 Å². The molecule has 0 aliphatic carbocycles. The standard InChI is InChI=1S/C23H24N4O3/c1-16-17(2)25-21-14-18(8-9-20(21)24-16)23(29)30-15-22(28)27-12-10-26(11-13-27)19-6-4-3-5-7-19/h3-9,14H,10-13,15H2,1-2H3. The van der Waals surface area contributed by atoms with Gasteiger partial charge in [-0.2, -0.15) is 0 Å². The molecule has 0 unspecified atom stereocenters. The third-order valence-electron chi connectivity index (χ3n) is 5.39. The highest BCUT2D eigenvalue weighted by Gasteiger charge is 2.22. The van der Waals surface area contributed by atoms with Crippen molar-refractivity contribution in [2.24, 2.45) is 0 Å². The molecule has 0 spiro atoms. The molecular weight excluding hydrogens is 380 g/mol. The first-order chi connectivity index (χ1) is 14.5. The predicted octanol–water partition coefficient (Wildman–Crippen LogP) is 2.75. The SMILES string of the molecule is Cc1nc2ccc(C(=O)OCC(=O)N3CCN(c4ccccc4)CC3)cc2nc1C. The molecule has 1 aromatic heterocycles. The number of esters is 1. The van der Waals surface area contributed by atoms with Gasteiger partial charge in [-0.05, 0) is 44.2 Å². The van der Waals surface area contributed by atoms with Gasteiger partial charge in [0.2, 0.25) is 0 Å². The van der Waals surface area contributed by atoms with Crippen molar-refractivity contribution in [3.63, 3.8) is 0 Å². The normalized spacial score (nSPS) is 14.1. The van der Waals surface area contributed by atoms with Crippen LogP contribution in [0.4, 0.5) is 5.69 Å². The van der Waals surface area contributed by atoms with Crippen molar-refractivity contribution in [3.8, 4) is 0 Å². The number of fused-ring (bicyclic) bond motifs is 1. The van der Waals surface area contributed by atoms with E-state index in [0.29, 0.717) is 24.2 Å².